The van der Waals surface area contributed by atoms with E-state index in [1.807, 2.05) is 19.1 Å². The molecule has 0 saturated heterocycles. The third kappa shape index (κ3) is 13.1. The van der Waals surface area contributed by atoms with Gasteiger partial charge in [0, 0.05) is 32.4 Å². The van der Waals surface area contributed by atoms with Crippen molar-refractivity contribution in [2.75, 3.05) is 38.7 Å². The van der Waals surface area contributed by atoms with Crippen LogP contribution in [0.5, 0.6) is 0 Å². The van der Waals surface area contributed by atoms with Gasteiger partial charge in [-0.25, -0.2) is 4.79 Å². The average molecular weight is 466 g/mol. The summed E-state index contributed by atoms with van der Waals surface area (Å²) in [6.45, 7) is 3.27. The molecule has 0 spiro atoms. The van der Waals surface area contributed by atoms with Crippen LogP contribution in [0.2, 0.25) is 0 Å². The zero-order valence-corrected chi connectivity index (χ0v) is 19.3. The molecule has 0 saturated carbocycles. The fourth-order valence-corrected chi connectivity index (χ4v) is 2.79. The topological polar surface area (TPSA) is 161 Å². The number of nitrogens with one attached hydrogen (secondary N) is 4. The molecular formula is C22H35N5O6. The first-order valence-electron chi connectivity index (χ1n) is 10.9. The smallest absolute Gasteiger partial charge is 0.312 e. The van der Waals surface area contributed by atoms with Crippen LogP contribution >= 0.6 is 0 Å². The Labute approximate surface area is 194 Å². The van der Waals surface area contributed by atoms with E-state index in [2.05, 4.69) is 21.3 Å². The SMILES string of the molecule is CCCOCCC(=O)NCC(=O)NC(CCCNC(N)=O)C(=O)Nc1ccc(COC)cc1. The maximum absolute atomic E-state index is 12.8. The third-order valence-electron chi connectivity index (χ3n) is 4.42. The number of ether oxygens (including phenoxy) is 2. The quantitative estimate of drug-likeness (QED) is 0.225. The molecule has 11 nitrogen and oxygen atoms in total. The van der Waals surface area contributed by atoms with Gasteiger partial charge in [0.05, 0.1) is 19.8 Å². The molecule has 0 heterocycles. The largest absolute Gasteiger partial charge is 0.381 e. The van der Waals surface area contributed by atoms with Crippen LogP contribution in [0.4, 0.5) is 10.5 Å². The second-order valence-electron chi connectivity index (χ2n) is 7.31. The van der Waals surface area contributed by atoms with Crippen LogP contribution in [-0.4, -0.2) is 63.2 Å². The van der Waals surface area contributed by atoms with E-state index in [9.17, 15) is 19.2 Å². The highest BCUT2D eigenvalue weighted by Crippen LogP contribution is 2.11. The molecule has 1 unspecified atom stereocenters. The number of rotatable bonds is 16. The molecule has 1 aromatic carbocycles. The molecule has 1 atom stereocenters. The van der Waals surface area contributed by atoms with E-state index in [4.69, 9.17) is 15.2 Å². The van der Waals surface area contributed by atoms with Crippen LogP contribution < -0.4 is 27.0 Å². The lowest BCUT2D eigenvalue weighted by Gasteiger charge is -2.19. The van der Waals surface area contributed by atoms with E-state index in [-0.39, 0.29) is 38.4 Å². The van der Waals surface area contributed by atoms with Crippen molar-refractivity contribution in [3.63, 3.8) is 0 Å². The Hall–Kier alpha value is -3.18. The number of urea groups is 1. The lowest BCUT2D eigenvalue weighted by Crippen LogP contribution is -2.47. The number of carbonyl (C=O) groups is 4. The summed E-state index contributed by atoms with van der Waals surface area (Å²) in [6, 6.07) is 5.59. The van der Waals surface area contributed by atoms with E-state index in [1.165, 1.54) is 0 Å². The summed E-state index contributed by atoms with van der Waals surface area (Å²) < 4.78 is 10.3. The number of amides is 5. The maximum Gasteiger partial charge on any atom is 0.312 e. The van der Waals surface area contributed by atoms with Crippen LogP contribution in [-0.2, 0) is 30.5 Å². The van der Waals surface area contributed by atoms with Crippen molar-refractivity contribution in [1.82, 2.24) is 16.0 Å². The number of carbonyl (C=O) groups excluding carboxylic acids is 4. The van der Waals surface area contributed by atoms with E-state index in [1.54, 1.807) is 19.2 Å². The summed E-state index contributed by atoms with van der Waals surface area (Å²) in [5.74, 6) is -1.23. The Morgan fingerprint density at radius 3 is 2.39 bits per heavy atom. The second kappa shape index (κ2) is 16.5. The van der Waals surface area contributed by atoms with Gasteiger partial charge in [-0.1, -0.05) is 19.1 Å². The molecular weight excluding hydrogens is 430 g/mol. The van der Waals surface area contributed by atoms with Crippen molar-refractivity contribution in [2.45, 2.75) is 45.3 Å². The molecule has 0 aromatic heterocycles. The molecule has 5 amide bonds. The van der Waals surface area contributed by atoms with Crippen LogP contribution in [0.3, 0.4) is 0 Å². The van der Waals surface area contributed by atoms with E-state index >= 15 is 0 Å². The van der Waals surface area contributed by atoms with Crippen molar-refractivity contribution in [3.8, 4) is 0 Å². The van der Waals surface area contributed by atoms with Gasteiger partial charge >= 0.3 is 6.03 Å². The Morgan fingerprint density at radius 2 is 1.76 bits per heavy atom. The molecule has 6 N–H and O–H groups in total. The molecule has 1 aromatic rings. The number of hydrogen-bond acceptors (Lipinski definition) is 6. The normalized spacial score (nSPS) is 11.3. The fourth-order valence-electron chi connectivity index (χ4n) is 2.79. The van der Waals surface area contributed by atoms with Crippen molar-refractivity contribution < 1.29 is 28.7 Å². The summed E-state index contributed by atoms with van der Waals surface area (Å²) in [5, 5.41) is 10.3. The summed E-state index contributed by atoms with van der Waals surface area (Å²) >= 11 is 0. The van der Waals surface area contributed by atoms with Gasteiger partial charge in [-0.3, -0.25) is 14.4 Å². The molecule has 0 bridgehead atoms. The zero-order chi connectivity index (χ0) is 24.5. The lowest BCUT2D eigenvalue weighted by molar-refractivity contribution is -0.128. The van der Waals surface area contributed by atoms with Crippen molar-refractivity contribution in [2.24, 2.45) is 5.73 Å². The molecule has 184 valence electrons. The van der Waals surface area contributed by atoms with Crippen molar-refractivity contribution >= 4 is 29.4 Å². The number of benzene rings is 1. The predicted molar refractivity (Wildman–Crippen MR) is 123 cm³/mol. The summed E-state index contributed by atoms with van der Waals surface area (Å²) in [4.78, 5) is 47.7. The van der Waals surface area contributed by atoms with Crippen molar-refractivity contribution in [1.29, 1.82) is 0 Å². The highest BCUT2D eigenvalue weighted by molar-refractivity contribution is 5.97. The highest BCUT2D eigenvalue weighted by Gasteiger charge is 2.21. The number of hydrogen-bond donors (Lipinski definition) is 5. The average Bonchev–Trinajstić information content (AvgIpc) is 2.78. The van der Waals surface area contributed by atoms with E-state index in [0.717, 1.165) is 12.0 Å². The van der Waals surface area contributed by atoms with Crippen LogP contribution in [0, 0.1) is 0 Å². The van der Waals surface area contributed by atoms with Gasteiger partial charge < -0.3 is 36.5 Å². The van der Waals surface area contributed by atoms with Gasteiger partial charge in [0.2, 0.25) is 17.7 Å². The van der Waals surface area contributed by atoms with Gasteiger partial charge in [-0.2, -0.15) is 0 Å². The van der Waals surface area contributed by atoms with Gasteiger partial charge in [0.15, 0.2) is 0 Å². The van der Waals surface area contributed by atoms with Crippen LogP contribution in [0.15, 0.2) is 24.3 Å². The van der Waals surface area contributed by atoms with E-state index < -0.39 is 23.9 Å². The summed E-state index contributed by atoms with van der Waals surface area (Å²) in [6.07, 6.45) is 1.68. The van der Waals surface area contributed by atoms with E-state index in [0.29, 0.717) is 25.3 Å². The van der Waals surface area contributed by atoms with Crippen LogP contribution in [0.1, 0.15) is 38.2 Å². The van der Waals surface area contributed by atoms with Crippen molar-refractivity contribution in [3.05, 3.63) is 29.8 Å². The number of nitrogens with two attached hydrogens (primary N) is 1. The number of anilines is 1. The van der Waals surface area contributed by atoms with Gasteiger partial charge in [-0.15, -0.1) is 0 Å². The second-order valence-corrected chi connectivity index (χ2v) is 7.31. The molecule has 1 rings (SSSR count). The third-order valence-corrected chi connectivity index (χ3v) is 4.42. The Bertz CT molecular complexity index is 756. The summed E-state index contributed by atoms with van der Waals surface area (Å²) in [7, 11) is 1.60. The Morgan fingerprint density at radius 1 is 1.03 bits per heavy atom. The molecule has 0 aliphatic rings. The lowest BCUT2D eigenvalue weighted by atomic mass is 10.1. The predicted octanol–water partition coefficient (Wildman–Crippen LogP) is 0.638. The molecule has 0 aliphatic heterocycles. The molecule has 0 radical (unpaired) electrons. The summed E-state index contributed by atoms with van der Waals surface area (Å²) in [5.41, 5.74) is 6.57. The molecule has 0 aliphatic carbocycles. The first-order valence-corrected chi connectivity index (χ1v) is 10.9. The van der Waals surface area contributed by atoms with Crippen LogP contribution in [0.25, 0.3) is 0 Å². The Kier molecular flexibility index (Phi) is 13.9. The molecule has 11 heteroatoms. The molecule has 33 heavy (non-hydrogen) atoms. The fraction of sp³-hybridized carbons (Fsp3) is 0.545. The Balaban J connectivity index is 2.60. The standard InChI is InChI=1S/C22H35N5O6/c1-3-12-33-13-10-19(28)25-14-20(29)27-18(5-4-11-24-22(23)31)21(30)26-17-8-6-16(7-9-17)15-32-2/h6-9,18H,3-5,10-15H2,1-2H3,(H,25,28)(H,26,30)(H,27,29)(H3,23,24,31). The highest BCUT2D eigenvalue weighted by atomic mass is 16.5. The first-order chi connectivity index (χ1) is 15.8. The number of primary amides is 1. The number of methoxy groups -OCH3 is 1. The minimum atomic E-state index is -0.865. The molecule has 0 fully saturated rings. The maximum atomic E-state index is 12.8. The van der Waals surface area contributed by atoms with Gasteiger partial charge in [0.25, 0.3) is 0 Å². The van der Waals surface area contributed by atoms with Gasteiger partial charge in [-0.05, 0) is 37.0 Å². The minimum Gasteiger partial charge on any atom is -0.381 e. The first kappa shape index (κ1) is 27.9. The minimum absolute atomic E-state index is 0.148. The van der Waals surface area contributed by atoms with Gasteiger partial charge in [0.1, 0.15) is 6.04 Å². The zero-order valence-electron chi connectivity index (χ0n) is 19.3. The monoisotopic (exact) mass is 465 g/mol.